The highest BCUT2D eigenvalue weighted by molar-refractivity contribution is 5.89. The highest BCUT2D eigenvalue weighted by Gasteiger charge is 2.66. The molecule has 6 nitrogen and oxygen atoms in total. The number of benzene rings is 1. The monoisotopic (exact) mass is 426 g/mol. The summed E-state index contributed by atoms with van der Waals surface area (Å²) in [6.07, 6.45) is 5.68. The van der Waals surface area contributed by atoms with Gasteiger partial charge in [0.15, 0.2) is 0 Å². The summed E-state index contributed by atoms with van der Waals surface area (Å²) in [5, 5.41) is 12.3. The van der Waals surface area contributed by atoms with Gasteiger partial charge in [0.1, 0.15) is 11.5 Å². The summed E-state index contributed by atoms with van der Waals surface area (Å²) in [7, 11) is 3.73. The van der Waals surface area contributed by atoms with Crippen molar-refractivity contribution in [1.82, 2.24) is 9.80 Å². The first-order valence-corrected chi connectivity index (χ1v) is 11.8. The van der Waals surface area contributed by atoms with E-state index in [0.29, 0.717) is 12.8 Å². The fourth-order valence-corrected chi connectivity index (χ4v) is 6.90. The van der Waals surface area contributed by atoms with Crippen LogP contribution >= 0.6 is 0 Å². The average molecular weight is 427 g/mol. The first kappa shape index (κ1) is 21.0. The van der Waals surface area contributed by atoms with Crippen molar-refractivity contribution in [3.8, 4) is 5.75 Å². The molecule has 1 saturated carbocycles. The smallest absolute Gasteiger partial charge is 0.223 e. The number of Topliss-reactive ketones (excluding diaryl/α,β-unsaturated/α-hetero) is 1. The van der Waals surface area contributed by atoms with Crippen molar-refractivity contribution in [3.63, 3.8) is 0 Å². The molecule has 1 unspecified atom stereocenters. The van der Waals surface area contributed by atoms with Crippen LogP contribution in [0.5, 0.6) is 5.75 Å². The normalized spacial score (nSPS) is 35.3. The minimum absolute atomic E-state index is 0.0390. The zero-order chi connectivity index (χ0) is 21.8. The number of hydrogen-bond donors (Lipinski definition) is 1. The molecule has 0 aromatic heterocycles. The van der Waals surface area contributed by atoms with Crippen LogP contribution in [0, 0.1) is 5.92 Å². The quantitative estimate of drug-likeness (QED) is 0.803. The van der Waals surface area contributed by atoms with Crippen molar-refractivity contribution in [1.29, 1.82) is 0 Å². The van der Waals surface area contributed by atoms with Gasteiger partial charge < -0.3 is 19.6 Å². The fraction of sp³-hybridized carbons (Fsp3) is 0.680. The number of hydrogen-bond acceptors (Lipinski definition) is 5. The lowest BCUT2D eigenvalue weighted by molar-refractivity contribution is -0.179. The van der Waals surface area contributed by atoms with Crippen LogP contribution in [0.3, 0.4) is 0 Å². The van der Waals surface area contributed by atoms with E-state index >= 15 is 0 Å². The van der Waals surface area contributed by atoms with Gasteiger partial charge in [-0.25, -0.2) is 0 Å². The molecule has 0 radical (unpaired) electrons. The number of likely N-dealkylation sites (tertiary alicyclic amines) is 2. The first-order chi connectivity index (χ1) is 14.9. The van der Waals surface area contributed by atoms with E-state index in [4.69, 9.17) is 4.74 Å². The molecule has 3 fully saturated rings. The maximum absolute atomic E-state index is 13.4. The number of ether oxygens (including phenoxy) is 1. The van der Waals surface area contributed by atoms with Crippen LogP contribution < -0.4 is 4.74 Å². The number of nitrogens with zero attached hydrogens (tertiary/aromatic N) is 2. The summed E-state index contributed by atoms with van der Waals surface area (Å²) in [5.74, 6) is 0.583. The summed E-state index contributed by atoms with van der Waals surface area (Å²) in [5.41, 5.74) is 0.680. The molecular weight excluding hydrogens is 392 g/mol. The van der Waals surface area contributed by atoms with Crippen molar-refractivity contribution in [3.05, 3.63) is 29.3 Å². The topological polar surface area (TPSA) is 70.1 Å². The van der Waals surface area contributed by atoms with Crippen LogP contribution in [0.2, 0.25) is 0 Å². The molecule has 2 heterocycles. The van der Waals surface area contributed by atoms with Gasteiger partial charge in [0.25, 0.3) is 0 Å². The van der Waals surface area contributed by atoms with E-state index in [0.717, 1.165) is 56.6 Å². The predicted octanol–water partition coefficient (Wildman–Crippen LogP) is 2.31. The molecule has 168 valence electrons. The van der Waals surface area contributed by atoms with Gasteiger partial charge in [-0.3, -0.25) is 9.59 Å². The van der Waals surface area contributed by atoms with Gasteiger partial charge in [-0.15, -0.1) is 0 Å². The molecule has 1 aromatic rings. The molecule has 2 aliphatic heterocycles. The van der Waals surface area contributed by atoms with Crippen molar-refractivity contribution >= 4 is 11.7 Å². The Bertz CT molecular complexity index is 896. The Morgan fingerprint density at radius 2 is 2.00 bits per heavy atom. The summed E-state index contributed by atoms with van der Waals surface area (Å²) < 4.78 is 5.49. The minimum atomic E-state index is -1.01. The molecule has 6 heteroatoms. The molecule has 4 atom stereocenters. The second kappa shape index (κ2) is 7.59. The third-order valence-electron chi connectivity index (χ3n) is 8.67. The molecule has 0 spiro atoms. The van der Waals surface area contributed by atoms with E-state index in [9.17, 15) is 14.7 Å². The summed E-state index contributed by atoms with van der Waals surface area (Å²) in [6.45, 7) is 2.45. The van der Waals surface area contributed by atoms with E-state index in [1.807, 2.05) is 17.0 Å². The third-order valence-corrected chi connectivity index (χ3v) is 8.67. The van der Waals surface area contributed by atoms with Crippen molar-refractivity contribution in [2.24, 2.45) is 5.92 Å². The Labute approximate surface area is 184 Å². The Morgan fingerprint density at radius 1 is 1.23 bits per heavy atom. The lowest BCUT2D eigenvalue weighted by Crippen LogP contribution is -2.73. The zero-order valence-corrected chi connectivity index (χ0v) is 18.7. The van der Waals surface area contributed by atoms with Gasteiger partial charge in [0.05, 0.1) is 12.7 Å². The number of likely N-dealkylation sites (N-methyl/N-ethyl adjacent to an activating group) is 1. The molecule has 5 rings (SSSR count). The number of carbonyl (C=O) groups excluding carboxylic acids is 2. The van der Waals surface area contributed by atoms with Gasteiger partial charge in [-0.1, -0.05) is 6.07 Å². The Balaban J connectivity index is 1.49. The lowest BCUT2D eigenvalue weighted by Gasteiger charge is -2.63. The maximum Gasteiger partial charge on any atom is 0.223 e. The van der Waals surface area contributed by atoms with E-state index in [1.165, 1.54) is 12.0 Å². The number of aliphatic hydroxyl groups is 1. The van der Waals surface area contributed by atoms with Crippen molar-refractivity contribution < 1.29 is 19.4 Å². The van der Waals surface area contributed by atoms with Crippen LogP contribution in [-0.2, 0) is 21.4 Å². The maximum atomic E-state index is 13.4. The first-order valence-electron chi connectivity index (χ1n) is 11.8. The Kier molecular flexibility index (Phi) is 5.13. The summed E-state index contributed by atoms with van der Waals surface area (Å²) >= 11 is 0. The molecule has 2 saturated heterocycles. The number of methoxy groups -OCH3 is 1. The fourth-order valence-electron chi connectivity index (χ4n) is 6.90. The molecule has 2 aliphatic carbocycles. The molecule has 1 aromatic carbocycles. The van der Waals surface area contributed by atoms with Crippen LogP contribution in [0.25, 0.3) is 0 Å². The average Bonchev–Trinajstić information content (AvgIpc) is 2.77. The predicted molar refractivity (Wildman–Crippen MR) is 117 cm³/mol. The second-order valence-electron chi connectivity index (χ2n) is 10.2. The van der Waals surface area contributed by atoms with Gasteiger partial charge in [-0.05, 0) is 75.4 Å². The molecular formula is C25H34N2O4. The van der Waals surface area contributed by atoms with Crippen molar-refractivity contribution in [2.75, 3.05) is 33.8 Å². The number of piperidine rings is 2. The molecule has 4 aliphatic rings. The summed E-state index contributed by atoms with van der Waals surface area (Å²) in [6, 6.07) is 6.06. The number of amides is 1. The number of fused-ring (bicyclic) bond motifs is 1. The summed E-state index contributed by atoms with van der Waals surface area (Å²) in [4.78, 5) is 30.5. The van der Waals surface area contributed by atoms with Crippen LogP contribution in [0.4, 0.5) is 0 Å². The molecule has 1 amide bonds. The van der Waals surface area contributed by atoms with E-state index in [1.54, 1.807) is 7.11 Å². The van der Waals surface area contributed by atoms with Gasteiger partial charge >= 0.3 is 0 Å². The zero-order valence-electron chi connectivity index (χ0n) is 18.7. The van der Waals surface area contributed by atoms with Crippen LogP contribution in [0.15, 0.2) is 18.2 Å². The van der Waals surface area contributed by atoms with Crippen LogP contribution in [0.1, 0.15) is 56.1 Å². The van der Waals surface area contributed by atoms with Crippen LogP contribution in [-0.4, -0.2) is 72.0 Å². The standard InChI is InChI=1S/C25H34N2O4/c1-26-11-8-24-16-21(28)18(13-23(29)27-9-4-3-5-10-27)15-25(24,30)22(26)12-17-6-7-19(31-2)14-20(17)24/h6-7,14,18,22,30H,3-5,8-13,15-16H2,1-2H3/t18-,22+,24?,25+/m0/s1. The molecule has 1 N–H and O–H groups in total. The number of ketones is 1. The molecule has 31 heavy (non-hydrogen) atoms. The van der Waals surface area contributed by atoms with Gasteiger partial charge in [0.2, 0.25) is 5.91 Å². The second-order valence-corrected chi connectivity index (χ2v) is 10.2. The van der Waals surface area contributed by atoms with E-state index in [2.05, 4.69) is 18.0 Å². The highest BCUT2D eigenvalue weighted by atomic mass is 16.5. The number of rotatable bonds is 3. The SMILES string of the molecule is COc1ccc2c(c1)C13CCN(C)[C@H](C2)[C@]1(O)C[C@H](CC(=O)N1CCCCC1)C(=O)C3. The minimum Gasteiger partial charge on any atom is -0.497 e. The largest absolute Gasteiger partial charge is 0.497 e. The molecule has 2 bridgehead atoms. The Morgan fingerprint density at radius 3 is 2.74 bits per heavy atom. The van der Waals surface area contributed by atoms with Gasteiger partial charge in [0, 0.05) is 43.3 Å². The highest BCUT2D eigenvalue weighted by Crippen LogP contribution is 2.58. The lowest BCUT2D eigenvalue weighted by atomic mass is 9.47. The van der Waals surface area contributed by atoms with E-state index in [-0.39, 0.29) is 24.2 Å². The Hall–Kier alpha value is -1.92. The number of carbonyl (C=O) groups is 2. The third kappa shape index (κ3) is 3.13. The van der Waals surface area contributed by atoms with Gasteiger partial charge in [-0.2, -0.15) is 0 Å². The van der Waals surface area contributed by atoms with Crippen molar-refractivity contribution in [2.45, 2.75) is 68.4 Å². The van der Waals surface area contributed by atoms with E-state index < -0.39 is 16.9 Å².